The lowest BCUT2D eigenvalue weighted by Crippen LogP contribution is -2.19. The Morgan fingerprint density at radius 2 is 1.71 bits per heavy atom. The van der Waals surface area contributed by atoms with Crippen LogP contribution in [0.4, 0.5) is 13.2 Å². The highest BCUT2D eigenvalue weighted by Crippen LogP contribution is 2.37. The highest BCUT2D eigenvalue weighted by Gasteiger charge is 2.31. The zero-order valence-electron chi connectivity index (χ0n) is 20.8. The quantitative estimate of drug-likeness (QED) is 0.0623. The fourth-order valence-corrected chi connectivity index (χ4v) is 4.88. The summed E-state index contributed by atoms with van der Waals surface area (Å²) >= 11 is 8.67. The van der Waals surface area contributed by atoms with Gasteiger partial charge in [0.2, 0.25) is 0 Å². The van der Waals surface area contributed by atoms with Crippen molar-refractivity contribution in [3.63, 3.8) is 0 Å². The molecule has 4 aromatic carbocycles. The number of fused-ring (bicyclic) bond motifs is 1. The van der Waals surface area contributed by atoms with Crippen molar-refractivity contribution >= 4 is 63.2 Å². The lowest BCUT2D eigenvalue weighted by molar-refractivity contribution is -0.137. The number of hydrogen-bond donors (Lipinski definition) is 2. The van der Waals surface area contributed by atoms with Crippen LogP contribution in [0, 0.1) is 3.57 Å². The number of nitrogens with zero attached hydrogens (tertiary/aromatic N) is 1. The maximum Gasteiger partial charge on any atom is 0.416 e. The van der Waals surface area contributed by atoms with Gasteiger partial charge in [-0.1, -0.05) is 48.0 Å². The van der Waals surface area contributed by atoms with E-state index in [4.69, 9.17) is 16.3 Å². The van der Waals surface area contributed by atoms with Crippen molar-refractivity contribution in [1.29, 1.82) is 0 Å². The number of rotatable bonds is 6. The minimum Gasteiger partial charge on any atom is -0.422 e. The predicted molar refractivity (Wildman–Crippen MR) is 159 cm³/mol. The van der Waals surface area contributed by atoms with E-state index in [0.717, 1.165) is 32.7 Å². The largest absolute Gasteiger partial charge is 0.422 e. The number of carbonyl (C=O) groups excluding carboxylic acids is 2. The molecule has 1 amide bonds. The molecular weight excluding hydrogens is 670 g/mol. The molecule has 41 heavy (non-hydrogen) atoms. The van der Waals surface area contributed by atoms with Gasteiger partial charge in [-0.3, -0.25) is 4.79 Å². The molecule has 0 fully saturated rings. The Labute approximate surface area is 250 Å². The number of halogens is 5. The molecule has 0 unspecified atom stereocenters. The number of aromatic nitrogens is 1. The first-order valence-corrected chi connectivity index (χ1v) is 13.5. The maximum absolute atomic E-state index is 13.3. The molecule has 0 aliphatic carbocycles. The SMILES string of the molecule is O=C(Oc1ccccc1C=NNC(=O)c1[nH]c2ccc(I)cc2c1-c1ccccc1Cl)c1cccc(C(F)(F)F)c1. The monoisotopic (exact) mass is 687 g/mol. The molecule has 0 atom stereocenters. The Hall–Kier alpha value is -4.16. The summed E-state index contributed by atoms with van der Waals surface area (Å²) < 4.78 is 45.5. The van der Waals surface area contributed by atoms with E-state index in [1.165, 1.54) is 18.3 Å². The molecule has 0 radical (unpaired) electrons. The number of para-hydroxylation sites is 1. The van der Waals surface area contributed by atoms with E-state index in [2.05, 4.69) is 38.1 Å². The fraction of sp³-hybridized carbons (Fsp3) is 0.0333. The number of carbonyl (C=O) groups is 2. The van der Waals surface area contributed by atoms with Crippen LogP contribution in [0.15, 0.2) is 96.1 Å². The number of nitrogens with one attached hydrogen (secondary N) is 2. The minimum absolute atomic E-state index is 0.0462. The summed E-state index contributed by atoms with van der Waals surface area (Å²) in [6.45, 7) is 0. The van der Waals surface area contributed by atoms with E-state index in [9.17, 15) is 22.8 Å². The summed E-state index contributed by atoms with van der Waals surface area (Å²) in [5.74, 6) is -1.47. The van der Waals surface area contributed by atoms with Crippen LogP contribution in [0.25, 0.3) is 22.0 Å². The summed E-state index contributed by atoms with van der Waals surface area (Å²) in [5, 5.41) is 5.32. The van der Waals surface area contributed by atoms with Crippen LogP contribution < -0.4 is 10.2 Å². The van der Waals surface area contributed by atoms with Gasteiger partial charge in [0.1, 0.15) is 11.4 Å². The van der Waals surface area contributed by atoms with Gasteiger partial charge in [0.05, 0.1) is 17.3 Å². The van der Waals surface area contributed by atoms with Crippen molar-refractivity contribution in [2.75, 3.05) is 0 Å². The Kier molecular flexibility index (Phi) is 8.13. The standard InChI is InChI=1S/C30H18ClF3IN3O3/c31-23-10-3-2-9-21(23)26-22-15-20(35)12-13-24(22)37-27(26)28(39)38-36-16-18-6-1-4-11-25(18)41-29(40)17-7-5-8-19(14-17)30(32,33)34/h1-16,37H,(H,38,39). The number of aromatic amines is 1. The number of H-pyrrole nitrogens is 1. The second-order valence-corrected chi connectivity index (χ2v) is 10.4. The van der Waals surface area contributed by atoms with Crippen molar-refractivity contribution in [1.82, 2.24) is 10.4 Å². The van der Waals surface area contributed by atoms with Crippen molar-refractivity contribution in [2.45, 2.75) is 6.18 Å². The third kappa shape index (κ3) is 6.28. The second kappa shape index (κ2) is 11.8. The van der Waals surface area contributed by atoms with E-state index in [1.54, 1.807) is 30.3 Å². The first-order valence-electron chi connectivity index (χ1n) is 12.0. The fourth-order valence-electron chi connectivity index (χ4n) is 4.16. The lowest BCUT2D eigenvalue weighted by atomic mass is 10.0. The van der Waals surface area contributed by atoms with Gasteiger partial charge in [-0.2, -0.15) is 18.3 Å². The number of ether oxygens (including phenoxy) is 1. The van der Waals surface area contributed by atoms with E-state index >= 15 is 0 Å². The highest BCUT2D eigenvalue weighted by molar-refractivity contribution is 14.1. The summed E-state index contributed by atoms with van der Waals surface area (Å²) in [4.78, 5) is 29.0. The molecular formula is C30H18ClF3IN3O3. The van der Waals surface area contributed by atoms with Gasteiger partial charge in [0, 0.05) is 36.2 Å². The number of hydrogen-bond acceptors (Lipinski definition) is 4. The molecule has 5 aromatic rings. The van der Waals surface area contributed by atoms with E-state index in [0.29, 0.717) is 21.7 Å². The van der Waals surface area contributed by atoms with Crippen molar-refractivity contribution in [3.8, 4) is 16.9 Å². The number of hydrazone groups is 1. The molecule has 0 spiro atoms. The number of benzene rings is 4. The number of alkyl halides is 3. The molecule has 0 saturated carbocycles. The maximum atomic E-state index is 13.3. The van der Waals surface area contributed by atoms with Gasteiger partial charge in [-0.15, -0.1) is 0 Å². The molecule has 0 aliphatic heterocycles. The van der Waals surface area contributed by atoms with Crippen LogP contribution in [-0.2, 0) is 6.18 Å². The molecule has 1 heterocycles. The van der Waals surface area contributed by atoms with Gasteiger partial charge >= 0.3 is 12.1 Å². The summed E-state index contributed by atoms with van der Waals surface area (Å²) in [7, 11) is 0. The Bertz CT molecular complexity index is 1820. The van der Waals surface area contributed by atoms with Crippen LogP contribution in [0.2, 0.25) is 5.02 Å². The Morgan fingerprint density at radius 1 is 0.951 bits per heavy atom. The van der Waals surface area contributed by atoms with Crippen molar-refractivity contribution in [3.05, 3.63) is 122 Å². The lowest BCUT2D eigenvalue weighted by Gasteiger charge is -2.10. The first-order chi connectivity index (χ1) is 19.6. The summed E-state index contributed by atoms with van der Waals surface area (Å²) in [6.07, 6.45) is -3.33. The molecule has 11 heteroatoms. The third-order valence-electron chi connectivity index (χ3n) is 6.05. The zero-order valence-corrected chi connectivity index (χ0v) is 23.7. The third-order valence-corrected chi connectivity index (χ3v) is 7.05. The highest BCUT2D eigenvalue weighted by atomic mass is 127. The summed E-state index contributed by atoms with van der Waals surface area (Å²) in [6, 6.07) is 23.1. The van der Waals surface area contributed by atoms with E-state index in [-0.39, 0.29) is 17.0 Å². The molecule has 0 saturated heterocycles. The molecule has 6 nitrogen and oxygen atoms in total. The zero-order chi connectivity index (χ0) is 29.1. The average molecular weight is 688 g/mol. The van der Waals surface area contributed by atoms with Crippen LogP contribution in [0.1, 0.15) is 32.0 Å². The molecule has 0 aliphatic rings. The molecule has 2 N–H and O–H groups in total. The second-order valence-electron chi connectivity index (χ2n) is 8.75. The van der Waals surface area contributed by atoms with Crippen LogP contribution in [0.5, 0.6) is 5.75 Å². The van der Waals surface area contributed by atoms with Gasteiger partial charge in [0.15, 0.2) is 0 Å². The number of esters is 1. The van der Waals surface area contributed by atoms with Gasteiger partial charge < -0.3 is 9.72 Å². The molecule has 206 valence electrons. The van der Waals surface area contributed by atoms with Gasteiger partial charge in [-0.25, -0.2) is 10.2 Å². The topological polar surface area (TPSA) is 83.5 Å². The number of amides is 1. The van der Waals surface area contributed by atoms with Gasteiger partial charge in [-0.05, 0) is 77.2 Å². The van der Waals surface area contributed by atoms with Crippen LogP contribution in [0.3, 0.4) is 0 Å². The smallest absolute Gasteiger partial charge is 0.416 e. The molecule has 1 aromatic heterocycles. The summed E-state index contributed by atoms with van der Waals surface area (Å²) in [5.41, 5.74) is 3.83. The molecule has 5 rings (SSSR count). The van der Waals surface area contributed by atoms with E-state index in [1.807, 2.05) is 30.3 Å². The molecule has 0 bridgehead atoms. The Morgan fingerprint density at radius 3 is 2.49 bits per heavy atom. The minimum atomic E-state index is -4.60. The predicted octanol–water partition coefficient (Wildman–Crippen LogP) is 8.09. The van der Waals surface area contributed by atoms with Gasteiger partial charge in [0.25, 0.3) is 5.91 Å². The Balaban J connectivity index is 1.39. The van der Waals surface area contributed by atoms with Crippen LogP contribution >= 0.6 is 34.2 Å². The first kappa shape index (κ1) is 28.4. The van der Waals surface area contributed by atoms with E-state index < -0.39 is 23.6 Å². The van der Waals surface area contributed by atoms with Crippen molar-refractivity contribution in [2.24, 2.45) is 5.10 Å². The van der Waals surface area contributed by atoms with Crippen LogP contribution in [-0.4, -0.2) is 23.1 Å². The van der Waals surface area contributed by atoms with Crippen molar-refractivity contribution < 1.29 is 27.5 Å². The average Bonchev–Trinajstić information content (AvgIpc) is 3.32. The normalized spacial score (nSPS) is 11.6.